The van der Waals surface area contributed by atoms with Gasteiger partial charge in [0.1, 0.15) is 10.8 Å². The Kier molecular flexibility index (Phi) is 6.75. The Hall–Kier alpha value is -3.46. The molecule has 9 heteroatoms. The van der Waals surface area contributed by atoms with Gasteiger partial charge >= 0.3 is 6.03 Å². The summed E-state index contributed by atoms with van der Waals surface area (Å²) >= 11 is 1.15. The SMILES string of the molecule is CCOc1ccc(NC(=O)Nc2nnc(CC(=O)Nc3ccc(C)cc3)s2)cc1. The number of ether oxygens (including phenoxy) is 1. The number of aryl methyl sites for hydroxylation is 1. The molecule has 8 nitrogen and oxygen atoms in total. The Labute approximate surface area is 172 Å². The van der Waals surface area contributed by atoms with Gasteiger partial charge in [0.15, 0.2) is 0 Å². The van der Waals surface area contributed by atoms with Gasteiger partial charge in [0.05, 0.1) is 13.0 Å². The fraction of sp³-hybridized carbons (Fsp3) is 0.200. The molecule has 3 amide bonds. The standard InChI is InChI=1S/C20H21N5O3S/c1-3-28-16-10-8-15(9-11-16)22-19(27)23-20-25-24-18(29-20)12-17(26)21-14-6-4-13(2)5-7-14/h4-11H,3,12H2,1-2H3,(H,21,26)(H2,22,23,25,27). The van der Waals surface area contributed by atoms with E-state index >= 15 is 0 Å². The molecular formula is C20H21N5O3S. The van der Waals surface area contributed by atoms with Gasteiger partial charge in [-0.3, -0.25) is 10.1 Å². The topological polar surface area (TPSA) is 105 Å². The van der Waals surface area contributed by atoms with Crippen molar-refractivity contribution in [1.82, 2.24) is 10.2 Å². The molecule has 0 aliphatic rings. The minimum atomic E-state index is -0.444. The molecule has 29 heavy (non-hydrogen) atoms. The Morgan fingerprint density at radius 3 is 2.28 bits per heavy atom. The van der Waals surface area contributed by atoms with Crippen molar-refractivity contribution in [3.63, 3.8) is 0 Å². The maximum absolute atomic E-state index is 12.1. The van der Waals surface area contributed by atoms with Crippen molar-refractivity contribution in [3.8, 4) is 5.75 Å². The number of hydrogen-bond acceptors (Lipinski definition) is 6. The summed E-state index contributed by atoms with van der Waals surface area (Å²) in [6.07, 6.45) is 0.0771. The quantitative estimate of drug-likeness (QED) is 0.543. The number of anilines is 3. The van der Waals surface area contributed by atoms with Crippen LogP contribution in [0.2, 0.25) is 0 Å². The summed E-state index contributed by atoms with van der Waals surface area (Å²) < 4.78 is 5.36. The molecular weight excluding hydrogens is 390 g/mol. The fourth-order valence-corrected chi connectivity index (χ4v) is 3.15. The molecule has 0 aliphatic heterocycles. The first-order chi connectivity index (χ1) is 14.0. The molecule has 3 aromatic rings. The highest BCUT2D eigenvalue weighted by Gasteiger charge is 2.12. The Bertz CT molecular complexity index is 971. The van der Waals surface area contributed by atoms with Crippen LogP contribution in [0.3, 0.4) is 0 Å². The maximum Gasteiger partial charge on any atom is 0.325 e. The van der Waals surface area contributed by atoms with Gasteiger partial charge in [0.2, 0.25) is 11.0 Å². The van der Waals surface area contributed by atoms with Crippen molar-refractivity contribution in [3.05, 3.63) is 59.1 Å². The third-order valence-electron chi connectivity index (χ3n) is 3.76. The molecule has 0 unspecified atom stereocenters. The van der Waals surface area contributed by atoms with Crippen LogP contribution in [0, 0.1) is 6.92 Å². The van der Waals surface area contributed by atoms with Crippen LogP contribution in [-0.4, -0.2) is 28.7 Å². The summed E-state index contributed by atoms with van der Waals surface area (Å²) in [5.74, 6) is 0.534. The molecule has 1 heterocycles. The minimum absolute atomic E-state index is 0.0771. The van der Waals surface area contributed by atoms with Crippen LogP contribution in [0.4, 0.5) is 21.3 Å². The van der Waals surface area contributed by atoms with Crippen LogP contribution >= 0.6 is 11.3 Å². The van der Waals surface area contributed by atoms with E-state index in [1.807, 2.05) is 38.1 Å². The van der Waals surface area contributed by atoms with Crippen LogP contribution in [0.25, 0.3) is 0 Å². The Morgan fingerprint density at radius 2 is 1.59 bits per heavy atom. The van der Waals surface area contributed by atoms with E-state index in [-0.39, 0.29) is 12.3 Å². The second-order valence-corrected chi connectivity index (χ2v) is 7.19. The van der Waals surface area contributed by atoms with Crippen molar-refractivity contribution in [2.75, 3.05) is 22.6 Å². The monoisotopic (exact) mass is 411 g/mol. The zero-order valence-electron chi connectivity index (χ0n) is 16.1. The highest BCUT2D eigenvalue weighted by Crippen LogP contribution is 2.19. The first kappa shape index (κ1) is 20.3. The predicted molar refractivity (Wildman–Crippen MR) is 114 cm³/mol. The molecule has 150 valence electrons. The highest BCUT2D eigenvalue weighted by atomic mass is 32.1. The van der Waals surface area contributed by atoms with Gasteiger partial charge in [0, 0.05) is 11.4 Å². The maximum atomic E-state index is 12.1. The lowest BCUT2D eigenvalue weighted by molar-refractivity contribution is -0.115. The number of urea groups is 1. The van der Waals surface area contributed by atoms with Crippen molar-refractivity contribution < 1.29 is 14.3 Å². The van der Waals surface area contributed by atoms with E-state index in [1.165, 1.54) is 0 Å². The van der Waals surface area contributed by atoms with Crippen LogP contribution in [0.15, 0.2) is 48.5 Å². The van der Waals surface area contributed by atoms with Gasteiger partial charge in [0.25, 0.3) is 0 Å². The van der Waals surface area contributed by atoms with Gasteiger partial charge in [-0.25, -0.2) is 4.79 Å². The van der Waals surface area contributed by atoms with Gasteiger partial charge < -0.3 is 15.4 Å². The van der Waals surface area contributed by atoms with Gasteiger partial charge in [-0.15, -0.1) is 10.2 Å². The lowest BCUT2D eigenvalue weighted by Gasteiger charge is -2.06. The number of carbonyl (C=O) groups is 2. The molecule has 3 rings (SSSR count). The van der Waals surface area contributed by atoms with Crippen molar-refractivity contribution in [2.24, 2.45) is 0 Å². The molecule has 3 N–H and O–H groups in total. The Morgan fingerprint density at radius 1 is 0.931 bits per heavy atom. The highest BCUT2D eigenvalue weighted by molar-refractivity contribution is 7.15. The van der Waals surface area contributed by atoms with E-state index in [0.29, 0.717) is 22.4 Å². The van der Waals surface area contributed by atoms with Gasteiger partial charge in [-0.2, -0.15) is 0 Å². The number of nitrogens with zero attached hydrogens (tertiary/aromatic N) is 2. The summed E-state index contributed by atoms with van der Waals surface area (Å²) in [4.78, 5) is 24.2. The number of nitrogens with one attached hydrogen (secondary N) is 3. The molecule has 0 bridgehead atoms. The van der Waals surface area contributed by atoms with E-state index in [9.17, 15) is 9.59 Å². The van der Waals surface area contributed by atoms with Crippen LogP contribution < -0.4 is 20.7 Å². The second-order valence-electron chi connectivity index (χ2n) is 6.13. The molecule has 0 fully saturated rings. The summed E-state index contributed by atoms with van der Waals surface area (Å²) in [6.45, 7) is 4.46. The van der Waals surface area contributed by atoms with Crippen LogP contribution in [0.1, 0.15) is 17.5 Å². The molecule has 0 saturated carbocycles. The number of carbonyl (C=O) groups excluding carboxylic acids is 2. The van der Waals surface area contributed by atoms with E-state index in [0.717, 1.165) is 28.3 Å². The molecule has 0 radical (unpaired) electrons. The number of hydrogen-bond donors (Lipinski definition) is 3. The average molecular weight is 411 g/mol. The lowest BCUT2D eigenvalue weighted by atomic mass is 10.2. The van der Waals surface area contributed by atoms with Crippen LogP contribution in [0.5, 0.6) is 5.75 Å². The number of rotatable bonds is 7. The van der Waals surface area contributed by atoms with Gasteiger partial charge in [-0.05, 0) is 50.2 Å². The van der Waals surface area contributed by atoms with Gasteiger partial charge in [-0.1, -0.05) is 29.0 Å². The van der Waals surface area contributed by atoms with E-state index in [4.69, 9.17) is 4.74 Å². The molecule has 2 aromatic carbocycles. The number of benzene rings is 2. The van der Waals surface area contributed by atoms with Crippen molar-refractivity contribution >= 4 is 39.8 Å². The smallest absolute Gasteiger partial charge is 0.325 e. The first-order valence-electron chi connectivity index (χ1n) is 9.01. The minimum Gasteiger partial charge on any atom is -0.494 e. The summed E-state index contributed by atoms with van der Waals surface area (Å²) in [5.41, 5.74) is 2.46. The van der Waals surface area contributed by atoms with Crippen molar-refractivity contribution in [1.29, 1.82) is 0 Å². The summed E-state index contributed by atoms with van der Waals surface area (Å²) in [7, 11) is 0. The predicted octanol–water partition coefficient (Wildman–Crippen LogP) is 4.07. The number of aromatic nitrogens is 2. The van der Waals surface area contributed by atoms with Crippen molar-refractivity contribution in [2.45, 2.75) is 20.3 Å². The summed E-state index contributed by atoms with van der Waals surface area (Å²) in [5, 5.41) is 16.8. The Balaban J connectivity index is 1.49. The fourth-order valence-electron chi connectivity index (χ4n) is 2.42. The van der Waals surface area contributed by atoms with Crippen LogP contribution in [-0.2, 0) is 11.2 Å². The molecule has 1 aromatic heterocycles. The van der Waals surface area contributed by atoms with E-state index < -0.39 is 6.03 Å². The van der Waals surface area contributed by atoms with E-state index in [2.05, 4.69) is 26.1 Å². The average Bonchev–Trinajstić information content (AvgIpc) is 3.12. The molecule has 0 aliphatic carbocycles. The summed E-state index contributed by atoms with van der Waals surface area (Å²) in [6, 6.07) is 14.1. The number of amides is 3. The zero-order chi connectivity index (χ0) is 20.6. The normalized spacial score (nSPS) is 10.3. The lowest BCUT2D eigenvalue weighted by Crippen LogP contribution is -2.19. The molecule has 0 saturated heterocycles. The zero-order valence-corrected chi connectivity index (χ0v) is 16.9. The first-order valence-corrected chi connectivity index (χ1v) is 9.83. The second kappa shape index (κ2) is 9.65. The van der Waals surface area contributed by atoms with E-state index in [1.54, 1.807) is 24.3 Å². The third kappa shape index (κ3) is 6.28. The largest absolute Gasteiger partial charge is 0.494 e. The molecule has 0 atom stereocenters. The molecule has 0 spiro atoms. The third-order valence-corrected chi connectivity index (χ3v) is 4.60.